The molecule has 2 bridgehead atoms. The summed E-state index contributed by atoms with van der Waals surface area (Å²) in [5, 5.41) is 0. The Morgan fingerprint density at radius 2 is 2.33 bits per heavy atom. The lowest BCUT2D eigenvalue weighted by Crippen LogP contribution is -2.04. The van der Waals surface area contributed by atoms with Crippen molar-refractivity contribution in [3.63, 3.8) is 0 Å². The molecule has 3 atom stereocenters. The second-order valence-corrected chi connectivity index (χ2v) is 3.89. The molecular weight excluding hydrogens is 148 g/mol. The first-order valence-corrected chi connectivity index (χ1v) is 4.60. The Hall–Kier alpha value is -1.05. The van der Waals surface area contributed by atoms with E-state index in [-0.39, 0.29) is 0 Å². The lowest BCUT2D eigenvalue weighted by molar-refractivity contribution is 0.573. The van der Waals surface area contributed by atoms with Crippen molar-refractivity contribution in [2.45, 2.75) is 18.8 Å². The van der Waals surface area contributed by atoms with E-state index in [1.54, 1.807) is 6.33 Å². The Bertz CT molecular complexity index is 300. The van der Waals surface area contributed by atoms with Crippen molar-refractivity contribution in [3.05, 3.63) is 30.4 Å². The first-order valence-electron chi connectivity index (χ1n) is 4.60. The van der Waals surface area contributed by atoms with Gasteiger partial charge in [0, 0.05) is 17.8 Å². The molecule has 62 valence electrons. The maximum Gasteiger partial charge on any atom is 0.0921 e. The van der Waals surface area contributed by atoms with Gasteiger partial charge in [-0.1, -0.05) is 12.2 Å². The molecular formula is C10H12N2. The molecule has 1 N–H and O–H groups in total. The zero-order valence-corrected chi connectivity index (χ0v) is 6.90. The van der Waals surface area contributed by atoms with Crippen LogP contribution < -0.4 is 0 Å². The van der Waals surface area contributed by atoms with E-state index in [0.717, 1.165) is 17.8 Å². The quantitative estimate of drug-likeness (QED) is 0.626. The summed E-state index contributed by atoms with van der Waals surface area (Å²) >= 11 is 0. The number of allylic oxidation sites excluding steroid dienone is 2. The Morgan fingerprint density at radius 1 is 1.33 bits per heavy atom. The van der Waals surface area contributed by atoms with E-state index in [2.05, 4.69) is 22.1 Å². The van der Waals surface area contributed by atoms with Crippen LogP contribution in [0.5, 0.6) is 0 Å². The third-order valence-electron chi connectivity index (χ3n) is 3.20. The summed E-state index contributed by atoms with van der Waals surface area (Å²) in [5.74, 6) is 2.36. The van der Waals surface area contributed by atoms with Crippen molar-refractivity contribution in [1.82, 2.24) is 9.97 Å². The molecule has 0 amide bonds. The number of aromatic amines is 1. The highest BCUT2D eigenvalue weighted by Gasteiger charge is 2.36. The second-order valence-electron chi connectivity index (χ2n) is 3.89. The van der Waals surface area contributed by atoms with Gasteiger partial charge in [0.05, 0.1) is 6.33 Å². The number of hydrogen-bond acceptors (Lipinski definition) is 1. The standard InChI is InChI=1S/C10H12N2/c1-2-8-3-7(1)4-9(8)10-5-11-6-12-10/h1-2,5-9H,3-4H2,(H,11,12). The molecule has 1 fully saturated rings. The molecule has 2 aliphatic rings. The summed E-state index contributed by atoms with van der Waals surface area (Å²) in [7, 11) is 0. The minimum Gasteiger partial charge on any atom is -0.348 e. The normalized spacial score (nSPS) is 37.8. The van der Waals surface area contributed by atoms with Gasteiger partial charge in [0.25, 0.3) is 0 Å². The van der Waals surface area contributed by atoms with Crippen LogP contribution in [-0.2, 0) is 0 Å². The van der Waals surface area contributed by atoms with Gasteiger partial charge in [-0.05, 0) is 24.7 Å². The molecule has 3 rings (SSSR count). The average Bonchev–Trinajstić information content (AvgIpc) is 2.81. The third-order valence-corrected chi connectivity index (χ3v) is 3.20. The van der Waals surface area contributed by atoms with E-state index < -0.39 is 0 Å². The van der Waals surface area contributed by atoms with E-state index in [1.165, 1.54) is 18.5 Å². The zero-order valence-electron chi connectivity index (χ0n) is 6.90. The van der Waals surface area contributed by atoms with Gasteiger partial charge in [-0.15, -0.1) is 0 Å². The molecule has 1 aromatic rings. The minimum atomic E-state index is 0.725. The highest BCUT2D eigenvalue weighted by molar-refractivity contribution is 5.20. The molecule has 0 spiro atoms. The summed E-state index contributed by atoms with van der Waals surface area (Å²) in [5.41, 5.74) is 1.33. The van der Waals surface area contributed by atoms with Crippen molar-refractivity contribution < 1.29 is 0 Å². The summed E-state index contributed by atoms with van der Waals surface area (Å²) in [6.45, 7) is 0. The Balaban J connectivity index is 1.92. The SMILES string of the molecule is C1=CC2CC1CC2c1cnc[nH]1. The maximum atomic E-state index is 4.07. The van der Waals surface area contributed by atoms with Crippen LogP contribution in [0.4, 0.5) is 0 Å². The van der Waals surface area contributed by atoms with Crippen molar-refractivity contribution in [2.24, 2.45) is 11.8 Å². The molecule has 0 radical (unpaired) electrons. The van der Waals surface area contributed by atoms with Crippen LogP contribution in [0.3, 0.4) is 0 Å². The predicted molar refractivity (Wildman–Crippen MR) is 46.7 cm³/mol. The van der Waals surface area contributed by atoms with Gasteiger partial charge in [0.2, 0.25) is 0 Å². The first kappa shape index (κ1) is 6.46. The lowest BCUT2D eigenvalue weighted by Gasteiger charge is -2.15. The number of nitrogens with one attached hydrogen (secondary N) is 1. The Morgan fingerprint density at radius 3 is 2.92 bits per heavy atom. The first-order chi connectivity index (χ1) is 5.93. The molecule has 0 aromatic carbocycles. The number of nitrogens with zero attached hydrogens (tertiary/aromatic N) is 1. The second kappa shape index (κ2) is 2.22. The minimum absolute atomic E-state index is 0.725. The number of H-pyrrole nitrogens is 1. The van der Waals surface area contributed by atoms with Crippen molar-refractivity contribution in [2.75, 3.05) is 0 Å². The fourth-order valence-corrected chi connectivity index (χ4v) is 2.61. The van der Waals surface area contributed by atoms with Gasteiger partial charge in [-0.3, -0.25) is 0 Å². The van der Waals surface area contributed by atoms with Crippen LogP contribution >= 0.6 is 0 Å². The van der Waals surface area contributed by atoms with Crippen LogP contribution in [0.25, 0.3) is 0 Å². The predicted octanol–water partition coefficient (Wildman–Crippen LogP) is 2.09. The lowest BCUT2D eigenvalue weighted by atomic mass is 9.91. The number of imidazole rings is 1. The fourth-order valence-electron chi connectivity index (χ4n) is 2.61. The van der Waals surface area contributed by atoms with Gasteiger partial charge >= 0.3 is 0 Å². The van der Waals surface area contributed by atoms with Crippen LogP contribution in [0.15, 0.2) is 24.7 Å². The smallest absolute Gasteiger partial charge is 0.0921 e. The van der Waals surface area contributed by atoms with Crippen molar-refractivity contribution in [3.8, 4) is 0 Å². The van der Waals surface area contributed by atoms with E-state index in [1.807, 2.05) is 6.20 Å². The molecule has 1 saturated carbocycles. The number of fused-ring (bicyclic) bond motifs is 2. The van der Waals surface area contributed by atoms with E-state index in [4.69, 9.17) is 0 Å². The van der Waals surface area contributed by atoms with Crippen molar-refractivity contribution >= 4 is 0 Å². The van der Waals surface area contributed by atoms with Gasteiger partial charge < -0.3 is 4.98 Å². The molecule has 0 saturated heterocycles. The Labute approximate surface area is 71.7 Å². The molecule has 2 aliphatic carbocycles. The largest absolute Gasteiger partial charge is 0.348 e. The van der Waals surface area contributed by atoms with Crippen molar-refractivity contribution in [1.29, 1.82) is 0 Å². The van der Waals surface area contributed by atoms with Gasteiger partial charge in [-0.2, -0.15) is 0 Å². The summed E-state index contributed by atoms with van der Waals surface area (Å²) in [4.78, 5) is 7.29. The maximum absolute atomic E-state index is 4.07. The Kier molecular flexibility index (Phi) is 1.20. The topological polar surface area (TPSA) is 28.7 Å². The number of hydrogen-bond donors (Lipinski definition) is 1. The summed E-state index contributed by atoms with van der Waals surface area (Å²) < 4.78 is 0. The third kappa shape index (κ3) is 0.779. The number of aromatic nitrogens is 2. The van der Waals surface area contributed by atoms with Crippen LogP contribution in [0.1, 0.15) is 24.5 Å². The molecule has 12 heavy (non-hydrogen) atoms. The average molecular weight is 160 g/mol. The van der Waals surface area contributed by atoms with E-state index >= 15 is 0 Å². The molecule has 2 nitrogen and oxygen atoms in total. The number of rotatable bonds is 1. The van der Waals surface area contributed by atoms with E-state index in [9.17, 15) is 0 Å². The zero-order chi connectivity index (χ0) is 7.97. The van der Waals surface area contributed by atoms with Gasteiger partial charge in [0.1, 0.15) is 0 Å². The van der Waals surface area contributed by atoms with Crippen LogP contribution in [-0.4, -0.2) is 9.97 Å². The molecule has 1 aromatic heterocycles. The monoisotopic (exact) mass is 160 g/mol. The van der Waals surface area contributed by atoms with Gasteiger partial charge in [-0.25, -0.2) is 4.98 Å². The van der Waals surface area contributed by atoms with Gasteiger partial charge in [0.15, 0.2) is 0 Å². The molecule has 1 heterocycles. The van der Waals surface area contributed by atoms with E-state index in [0.29, 0.717) is 0 Å². The van der Waals surface area contributed by atoms with Crippen LogP contribution in [0.2, 0.25) is 0 Å². The summed E-state index contributed by atoms with van der Waals surface area (Å²) in [6.07, 6.45) is 11.2. The fraction of sp³-hybridized carbons (Fsp3) is 0.500. The molecule has 2 heteroatoms. The highest BCUT2D eigenvalue weighted by atomic mass is 14.9. The molecule has 3 unspecified atom stereocenters. The summed E-state index contributed by atoms with van der Waals surface area (Å²) in [6, 6.07) is 0. The molecule has 0 aliphatic heterocycles. The van der Waals surface area contributed by atoms with Crippen LogP contribution in [0, 0.1) is 11.8 Å². The highest BCUT2D eigenvalue weighted by Crippen LogP contribution is 2.47.